The van der Waals surface area contributed by atoms with E-state index in [-0.39, 0.29) is 17.3 Å². The molecule has 1 heterocycles. The number of nitro benzene ring substituents is 1. The van der Waals surface area contributed by atoms with Crippen molar-refractivity contribution in [1.82, 2.24) is 10.2 Å². The summed E-state index contributed by atoms with van der Waals surface area (Å²) < 4.78 is 5.53. The van der Waals surface area contributed by atoms with Crippen LogP contribution < -0.4 is 5.32 Å². The van der Waals surface area contributed by atoms with E-state index in [2.05, 4.69) is 15.5 Å². The van der Waals surface area contributed by atoms with Crippen LogP contribution in [0, 0.1) is 17.0 Å². The van der Waals surface area contributed by atoms with Gasteiger partial charge in [0.05, 0.1) is 28.3 Å². The summed E-state index contributed by atoms with van der Waals surface area (Å²) in [6.07, 6.45) is 0.521. The molecule has 0 radical (unpaired) electrons. The molecule has 0 unspecified atom stereocenters. The van der Waals surface area contributed by atoms with E-state index in [1.165, 1.54) is 12.1 Å². The van der Waals surface area contributed by atoms with E-state index in [9.17, 15) is 14.9 Å². The highest BCUT2D eigenvalue weighted by Gasteiger charge is 2.16. The second-order valence-electron chi connectivity index (χ2n) is 5.67. The summed E-state index contributed by atoms with van der Waals surface area (Å²) in [6.45, 7) is 1.59. The van der Waals surface area contributed by atoms with Crippen molar-refractivity contribution in [3.05, 3.63) is 75.7 Å². The van der Waals surface area contributed by atoms with Gasteiger partial charge in [-0.25, -0.2) is 0 Å². The van der Waals surface area contributed by atoms with Gasteiger partial charge in [0.15, 0.2) is 0 Å². The lowest BCUT2D eigenvalue weighted by Gasteiger charge is -2.07. The van der Waals surface area contributed by atoms with Crippen molar-refractivity contribution in [3.63, 3.8) is 0 Å². The number of amides is 1. The number of nitrogens with zero attached hydrogens (tertiary/aromatic N) is 3. The first kappa shape index (κ1) is 18.6. The number of thioether (sulfide) groups is 1. The topological polar surface area (TPSA) is 111 Å². The van der Waals surface area contributed by atoms with Crippen LogP contribution in [-0.2, 0) is 11.2 Å². The first-order chi connectivity index (χ1) is 13.0. The van der Waals surface area contributed by atoms with E-state index in [1.807, 2.05) is 30.3 Å². The molecule has 0 spiro atoms. The highest BCUT2D eigenvalue weighted by Crippen LogP contribution is 2.25. The Kier molecular flexibility index (Phi) is 5.82. The smallest absolute Gasteiger partial charge is 0.277 e. The number of rotatable bonds is 7. The van der Waals surface area contributed by atoms with E-state index in [0.29, 0.717) is 28.8 Å². The van der Waals surface area contributed by atoms with Gasteiger partial charge in [0.2, 0.25) is 11.8 Å². The van der Waals surface area contributed by atoms with E-state index >= 15 is 0 Å². The second kappa shape index (κ2) is 8.45. The molecule has 0 aliphatic carbocycles. The second-order valence-corrected chi connectivity index (χ2v) is 6.59. The molecule has 27 heavy (non-hydrogen) atoms. The van der Waals surface area contributed by atoms with Crippen LogP contribution in [0.4, 0.5) is 11.4 Å². The van der Waals surface area contributed by atoms with Gasteiger partial charge in [0.1, 0.15) is 0 Å². The first-order valence-electron chi connectivity index (χ1n) is 8.06. The minimum Gasteiger partial charge on any atom is -0.416 e. The number of benzene rings is 2. The zero-order valence-electron chi connectivity index (χ0n) is 14.4. The summed E-state index contributed by atoms with van der Waals surface area (Å²) >= 11 is 1.11. The molecule has 2 aromatic carbocycles. The minimum absolute atomic E-state index is 0.0390. The lowest BCUT2D eigenvalue weighted by molar-refractivity contribution is -0.385. The molecular formula is C18H16N4O4S. The van der Waals surface area contributed by atoms with Gasteiger partial charge in [-0.3, -0.25) is 14.9 Å². The predicted octanol–water partition coefficient (Wildman–Crippen LogP) is 3.61. The lowest BCUT2D eigenvalue weighted by Crippen LogP contribution is -2.15. The third-order valence-electron chi connectivity index (χ3n) is 3.75. The Hall–Kier alpha value is -3.20. The van der Waals surface area contributed by atoms with Crippen LogP contribution in [0.15, 0.2) is 58.2 Å². The average Bonchev–Trinajstić information content (AvgIpc) is 3.10. The summed E-state index contributed by atoms with van der Waals surface area (Å²) in [5.41, 5.74) is 1.83. The van der Waals surface area contributed by atoms with Crippen molar-refractivity contribution in [2.45, 2.75) is 18.6 Å². The van der Waals surface area contributed by atoms with Gasteiger partial charge in [-0.2, -0.15) is 0 Å². The number of carbonyl (C=O) groups excluding carboxylic acids is 1. The number of carbonyl (C=O) groups is 1. The lowest BCUT2D eigenvalue weighted by atomic mass is 10.1. The summed E-state index contributed by atoms with van der Waals surface area (Å²) in [5.74, 6) is 0.208. The van der Waals surface area contributed by atoms with E-state index < -0.39 is 4.92 Å². The van der Waals surface area contributed by atoms with E-state index in [4.69, 9.17) is 4.42 Å². The fourth-order valence-electron chi connectivity index (χ4n) is 2.41. The van der Waals surface area contributed by atoms with Gasteiger partial charge < -0.3 is 9.73 Å². The molecule has 0 fully saturated rings. The van der Waals surface area contributed by atoms with Crippen LogP contribution in [0.3, 0.4) is 0 Å². The van der Waals surface area contributed by atoms with Crippen LogP contribution in [0.5, 0.6) is 0 Å². The zero-order valence-corrected chi connectivity index (χ0v) is 15.2. The fourth-order valence-corrected chi connectivity index (χ4v) is 2.99. The molecule has 138 valence electrons. The molecule has 0 aliphatic rings. The highest BCUT2D eigenvalue weighted by molar-refractivity contribution is 7.99. The maximum atomic E-state index is 12.1. The quantitative estimate of drug-likeness (QED) is 0.376. The fraction of sp³-hybridized carbons (Fsp3) is 0.167. The zero-order chi connectivity index (χ0) is 19.2. The molecule has 0 bridgehead atoms. The van der Waals surface area contributed by atoms with Gasteiger partial charge >= 0.3 is 0 Å². The monoisotopic (exact) mass is 384 g/mol. The number of hydrogen-bond donors (Lipinski definition) is 1. The molecule has 3 aromatic rings. The summed E-state index contributed by atoms with van der Waals surface area (Å²) in [4.78, 5) is 22.6. The molecule has 0 atom stereocenters. The molecule has 1 amide bonds. The van der Waals surface area contributed by atoms with Crippen molar-refractivity contribution >= 4 is 29.0 Å². The number of nitrogens with one attached hydrogen (secondary N) is 1. The number of nitro groups is 1. The van der Waals surface area contributed by atoms with Crippen molar-refractivity contribution < 1.29 is 14.1 Å². The van der Waals surface area contributed by atoms with E-state index in [1.54, 1.807) is 13.0 Å². The molecular weight excluding hydrogens is 368 g/mol. The van der Waals surface area contributed by atoms with Crippen molar-refractivity contribution in [3.8, 4) is 0 Å². The molecule has 1 aromatic heterocycles. The van der Waals surface area contributed by atoms with Crippen molar-refractivity contribution in [2.75, 3.05) is 11.1 Å². The normalized spacial score (nSPS) is 10.6. The largest absolute Gasteiger partial charge is 0.416 e. The van der Waals surface area contributed by atoms with Gasteiger partial charge in [-0.15, -0.1) is 10.2 Å². The van der Waals surface area contributed by atoms with Crippen molar-refractivity contribution in [1.29, 1.82) is 0 Å². The molecule has 1 N–H and O–H groups in total. The third kappa shape index (κ3) is 4.91. The number of anilines is 1. The Labute approximate surface area is 159 Å². The van der Waals surface area contributed by atoms with Crippen LogP contribution in [0.1, 0.15) is 17.0 Å². The third-order valence-corrected chi connectivity index (χ3v) is 4.57. The Morgan fingerprint density at radius 2 is 1.96 bits per heavy atom. The number of aromatic nitrogens is 2. The van der Waals surface area contributed by atoms with Gasteiger partial charge in [0, 0.05) is 6.07 Å². The Morgan fingerprint density at radius 1 is 1.19 bits per heavy atom. The van der Waals surface area contributed by atoms with Crippen molar-refractivity contribution in [2.24, 2.45) is 0 Å². The Bertz CT molecular complexity index is 959. The average molecular weight is 384 g/mol. The SMILES string of the molecule is Cc1c(NC(=O)CSc2nnc(Cc3ccccc3)o2)cccc1[N+](=O)[O-]. The minimum atomic E-state index is -0.480. The number of hydrogen-bond acceptors (Lipinski definition) is 7. The van der Waals surface area contributed by atoms with Crippen LogP contribution in [0.2, 0.25) is 0 Å². The Morgan fingerprint density at radius 3 is 2.70 bits per heavy atom. The summed E-state index contributed by atoms with van der Waals surface area (Å²) in [7, 11) is 0. The van der Waals surface area contributed by atoms with Gasteiger partial charge in [0.25, 0.3) is 10.9 Å². The van der Waals surface area contributed by atoms with Crippen LogP contribution >= 0.6 is 11.8 Å². The van der Waals surface area contributed by atoms with Gasteiger partial charge in [-0.1, -0.05) is 48.2 Å². The maximum absolute atomic E-state index is 12.1. The maximum Gasteiger partial charge on any atom is 0.277 e. The van der Waals surface area contributed by atoms with E-state index in [0.717, 1.165) is 17.3 Å². The molecule has 0 saturated carbocycles. The highest BCUT2D eigenvalue weighted by atomic mass is 32.2. The van der Waals surface area contributed by atoms with Crippen LogP contribution in [-0.4, -0.2) is 26.8 Å². The summed E-state index contributed by atoms with van der Waals surface area (Å²) in [6, 6.07) is 14.3. The van der Waals surface area contributed by atoms with Crippen LogP contribution in [0.25, 0.3) is 0 Å². The molecule has 3 rings (SSSR count). The molecule has 8 nitrogen and oxygen atoms in total. The molecule has 9 heteroatoms. The summed E-state index contributed by atoms with van der Waals surface area (Å²) in [5, 5.41) is 21.8. The standard InChI is InChI=1S/C18H16N4O4S/c1-12-14(8-5-9-15(12)22(24)25)19-16(23)11-27-18-21-20-17(26-18)10-13-6-3-2-4-7-13/h2-9H,10-11H2,1H3,(H,19,23). The first-order valence-corrected chi connectivity index (χ1v) is 9.04. The molecule has 0 aliphatic heterocycles. The Balaban J connectivity index is 1.56. The molecule has 0 saturated heterocycles. The predicted molar refractivity (Wildman–Crippen MR) is 101 cm³/mol. The van der Waals surface area contributed by atoms with Gasteiger partial charge in [-0.05, 0) is 18.6 Å².